The van der Waals surface area contributed by atoms with E-state index in [2.05, 4.69) is 10.2 Å². The Labute approximate surface area is 97.0 Å². The highest BCUT2D eigenvalue weighted by Crippen LogP contribution is 2.23. The topological polar surface area (TPSA) is 38.9 Å². The van der Waals surface area contributed by atoms with Crippen LogP contribution in [-0.4, -0.2) is 10.2 Å². The molecule has 0 amide bonds. The van der Waals surface area contributed by atoms with Gasteiger partial charge in [0.1, 0.15) is 5.88 Å². The Hall–Kier alpha value is -1.06. The van der Waals surface area contributed by atoms with E-state index in [-0.39, 0.29) is 5.88 Å². The molecule has 1 heterocycles. The average molecular weight is 243 g/mol. The number of benzene rings is 1. The molecule has 15 heavy (non-hydrogen) atoms. The van der Waals surface area contributed by atoms with Crippen LogP contribution < -0.4 is 0 Å². The van der Waals surface area contributed by atoms with Crippen molar-refractivity contribution in [1.82, 2.24) is 10.2 Å². The predicted octanol–water partition coefficient (Wildman–Crippen LogP) is 3.44. The van der Waals surface area contributed by atoms with E-state index in [0.717, 1.165) is 11.1 Å². The molecule has 0 aliphatic heterocycles. The van der Waals surface area contributed by atoms with E-state index in [9.17, 15) is 0 Å². The third-order valence-electron chi connectivity index (χ3n) is 1.87. The van der Waals surface area contributed by atoms with Gasteiger partial charge in [0.2, 0.25) is 11.8 Å². The van der Waals surface area contributed by atoms with E-state index in [0.29, 0.717) is 16.8 Å². The molecule has 0 bridgehead atoms. The number of aryl methyl sites for hydroxylation is 1. The van der Waals surface area contributed by atoms with Crippen LogP contribution in [0.15, 0.2) is 22.6 Å². The van der Waals surface area contributed by atoms with Crippen LogP contribution in [0.2, 0.25) is 5.02 Å². The minimum Gasteiger partial charge on any atom is -0.419 e. The van der Waals surface area contributed by atoms with Gasteiger partial charge in [0.25, 0.3) is 0 Å². The maximum absolute atomic E-state index is 5.92. The molecule has 0 N–H and O–H groups in total. The van der Waals surface area contributed by atoms with Crippen molar-refractivity contribution in [2.24, 2.45) is 0 Å². The van der Waals surface area contributed by atoms with Crippen LogP contribution in [0.25, 0.3) is 11.5 Å². The summed E-state index contributed by atoms with van der Waals surface area (Å²) in [4.78, 5) is 0. The van der Waals surface area contributed by atoms with Gasteiger partial charge >= 0.3 is 0 Å². The van der Waals surface area contributed by atoms with Crippen LogP contribution in [0.1, 0.15) is 11.5 Å². The van der Waals surface area contributed by atoms with E-state index < -0.39 is 0 Å². The highest BCUT2D eigenvalue weighted by Gasteiger charge is 2.08. The van der Waals surface area contributed by atoms with Crippen LogP contribution in [0.3, 0.4) is 0 Å². The highest BCUT2D eigenvalue weighted by molar-refractivity contribution is 6.30. The molecule has 5 heteroatoms. The molecule has 0 atom stereocenters. The lowest BCUT2D eigenvalue weighted by molar-refractivity contribution is 0.527. The van der Waals surface area contributed by atoms with Crippen LogP contribution in [0.5, 0.6) is 0 Å². The molecule has 0 saturated heterocycles. The molecule has 1 aromatic carbocycles. The van der Waals surface area contributed by atoms with Crippen molar-refractivity contribution < 1.29 is 4.42 Å². The summed E-state index contributed by atoms with van der Waals surface area (Å²) < 4.78 is 5.32. The molecule has 0 fully saturated rings. The van der Waals surface area contributed by atoms with E-state index in [1.165, 1.54) is 0 Å². The van der Waals surface area contributed by atoms with Crippen molar-refractivity contribution in [3.8, 4) is 11.5 Å². The predicted molar refractivity (Wildman–Crippen MR) is 59.0 cm³/mol. The molecule has 0 radical (unpaired) electrons. The number of nitrogens with zero attached hydrogens (tertiary/aromatic N) is 2. The van der Waals surface area contributed by atoms with Crippen molar-refractivity contribution in [3.05, 3.63) is 34.7 Å². The second kappa shape index (κ2) is 4.21. The largest absolute Gasteiger partial charge is 0.419 e. The third kappa shape index (κ3) is 2.30. The fraction of sp³-hybridized carbons (Fsp3) is 0.200. The van der Waals surface area contributed by atoms with Crippen molar-refractivity contribution in [1.29, 1.82) is 0 Å². The zero-order valence-electron chi connectivity index (χ0n) is 8.00. The fourth-order valence-corrected chi connectivity index (χ4v) is 1.68. The summed E-state index contributed by atoms with van der Waals surface area (Å²) in [5, 5.41) is 8.31. The van der Waals surface area contributed by atoms with Gasteiger partial charge in [0.15, 0.2) is 0 Å². The van der Waals surface area contributed by atoms with Crippen LogP contribution in [0, 0.1) is 6.92 Å². The summed E-state index contributed by atoms with van der Waals surface area (Å²) in [6.07, 6.45) is 0. The van der Waals surface area contributed by atoms with E-state index in [4.69, 9.17) is 27.6 Å². The minimum absolute atomic E-state index is 0.215. The lowest BCUT2D eigenvalue weighted by Crippen LogP contribution is -1.80. The number of aromatic nitrogens is 2. The zero-order valence-corrected chi connectivity index (χ0v) is 9.51. The monoisotopic (exact) mass is 242 g/mol. The number of hydrogen-bond acceptors (Lipinski definition) is 3. The average Bonchev–Trinajstić information content (AvgIpc) is 2.64. The summed E-state index contributed by atoms with van der Waals surface area (Å²) >= 11 is 11.5. The van der Waals surface area contributed by atoms with Crippen molar-refractivity contribution in [3.63, 3.8) is 0 Å². The summed E-state index contributed by atoms with van der Waals surface area (Å²) in [5.41, 5.74) is 1.85. The minimum atomic E-state index is 0.215. The van der Waals surface area contributed by atoms with Crippen LogP contribution >= 0.6 is 23.2 Å². The zero-order chi connectivity index (χ0) is 10.8. The second-order valence-corrected chi connectivity index (χ2v) is 3.86. The molecule has 2 rings (SSSR count). The smallest absolute Gasteiger partial charge is 0.247 e. The normalized spacial score (nSPS) is 10.6. The Balaban J connectivity index is 2.44. The molecule has 0 aliphatic rings. The first-order valence-electron chi connectivity index (χ1n) is 4.35. The number of halogens is 2. The van der Waals surface area contributed by atoms with Gasteiger partial charge in [-0.3, -0.25) is 0 Å². The van der Waals surface area contributed by atoms with Crippen molar-refractivity contribution in [2.75, 3.05) is 0 Å². The van der Waals surface area contributed by atoms with Gasteiger partial charge in [-0.25, -0.2) is 0 Å². The Morgan fingerprint density at radius 2 is 2.07 bits per heavy atom. The lowest BCUT2D eigenvalue weighted by atomic mass is 10.1. The molecule has 78 valence electrons. The Morgan fingerprint density at radius 3 is 2.67 bits per heavy atom. The first kappa shape index (κ1) is 10.5. The molecule has 0 saturated carbocycles. The van der Waals surface area contributed by atoms with Gasteiger partial charge in [-0.2, -0.15) is 0 Å². The van der Waals surface area contributed by atoms with Crippen LogP contribution in [0.4, 0.5) is 0 Å². The van der Waals surface area contributed by atoms with E-state index in [1.54, 1.807) is 6.07 Å². The van der Waals surface area contributed by atoms with Gasteiger partial charge in [0, 0.05) is 10.6 Å². The Kier molecular flexibility index (Phi) is 2.93. The maximum atomic E-state index is 5.92. The Bertz CT molecular complexity index is 462. The summed E-state index contributed by atoms with van der Waals surface area (Å²) in [5.74, 6) is 1.06. The SMILES string of the molecule is Cc1cc(Cl)cc(-c2nnc(CCl)o2)c1. The molecule has 0 aliphatic carbocycles. The second-order valence-electron chi connectivity index (χ2n) is 3.15. The molecule has 2 aromatic rings. The molecular weight excluding hydrogens is 235 g/mol. The van der Waals surface area contributed by atoms with Gasteiger partial charge in [-0.1, -0.05) is 11.6 Å². The van der Waals surface area contributed by atoms with Gasteiger partial charge in [0.05, 0.1) is 0 Å². The molecular formula is C10H8Cl2N2O. The summed E-state index contributed by atoms with van der Waals surface area (Å²) in [6.45, 7) is 1.95. The standard InChI is InChI=1S/C10H8Cl2N2O/c1-6-2-7(4-8(12)3-6)10-14-13-9(5-11)15-10/h2-4H,5H2,1H3. The van der Waals surface area contributed by atoms with E-state index in [1.807, 2.05) is 19.1 Å². The Morgan fingerprint density at radius 1 is 1.27 bits per heavy atom. The maximum Gasteiger partial charge on any atom is 0.247 e. The highest BCUT2D eigenvalue weighted by atomic mass is 35.5. The number of alkyl halides is 1. The molecule has 3 nitrogen and oxygen atoms in total. The fourth-order valence-electron chi connectivity index (χ4n) is 1.28. The molecule has 1 aromatic heterocycles. The first-order valence-corrected chi connectivity index (χ1v) is 5.26. The summed E-state index contributed by atoms with van der Waals surface area (Å²) in [6, 6.07) is 5.57. The van der Waals surface area contributed by atoms with Gasteiger partial charge < -0.3 is 4.42 Å². The van der Waals surface area contributed by atoms with Crippen LogP contribution in [-0.2, 0) is 5.88 Å². The number of rotatable bonds is 2. The van der Waals surface area contributed by atoms with Gasteiger partial charge in [-0.05, 0) is 30.7 Å². The lowest BCUT2D eigenvalue weighted by Gasteiger charge is -1.98. The summed E-state index contributed by atoms with van der Waals surface area (Å²) in [7, 11) is 0. The van der Waals surface area contributed by atoms with E-state index >= 15 is 0 Å². The molecule has 0 spiro atoms. The molecule has 0 unspecified atom stereocenters. The third-order valence-corrected chi connectivity index (χ3v) is 2.32. The van der Waals surface area contributed by atoms with Crippen molar-refractivity contribution in [2.45, 2.75) is 12.8 Å². The quantitative estimate of drug-likeness (QED) is 0.758. The van der Waals surface area contributed by atoms with Gasteiger partial charge in [-0.15, -0.1) is 21.8 Å². The first-order chi connectivity index (χ1) is 7.19. The van der Waals surface area contributed by atoms with Crippen molar-refractivity contribution >= 4 is 23.2 Å². The number of hydrogen-bond donors (Lipinski definition) is 0.